The van der Waals surface area contributed by atoms with Crippen LogP contribution >= 0.6 is 0 Å². The van der Waals surface area contributed by atoms with Crippen LogP contribution in [-0.4, -0.2) is 12.5 Å². The van der Waals surface area contributed by atoms with Crippen molar-refractivity contribution < 1.29 is 13.9 Å². The molecule has 0 N–H and O–H groups in total. The summed E-state index contributed by atoms with van der Waals surface area (Å²) in [5.41, 5.74) is 3.18. The Morgan fingerprint density at radius 1 is 0.969 bits per heavy atom. The van der Waals surface area contributed by atoms with E-state index in [0.29, 0.717) is 34.6 Å². The molecule has 5 heteroatoms. The largest absolute Gasteiger partial charge is 0.494 e. The van der Waals surface area contributed by atoms with Crippen LogP contribution in [0.3, 0.4) is 0 Å². The molecule has 1 aromatic heterocycles. The van der Waals surface area contributed by atoms with Crippen molar-refractivity contribution >= 4 is 22.6 Å². The molecule has 1 aliphatic heterocycles. The minimum atomic E-state index is -0.605. The van der Waals surface area contributed by atoms with Crippen molar-refractivity contribution in [3.63, 3.8) is 0 Å². The number of benzene rings is 3. The molecule has 2 heterocycles. The SMILES string of the molecule is CCCOc1cccc(C2c3c(oc4ccccc4c3=O)C(=O)N2c2ccc(C)cc2)c1. The molecule has 0 saturated carbocycles. The summed E-state index contributed by atoms with van der Waals surface area (Å²) in [4.78, 5) is 28.8. The number of carbonyl (C=O) groups is 1. The van der Waals surface area contributed by atoms with Gasteiger partial charge in [0.1, 0.15) is 11.3 Å². The molecule has 0 aliphatic carbocycles. The monoisotopic (exact) mass is 425 g/mol. The van der Waals surface area contributed by atoms with Gasteiger partial charge in [0.2, 0.25) is 5.76 Å². The van der Waals surface area contributed by atoms with Crippen LogP contribution in [0.1, 0.15) is 46.6 Å². The second kappa shape index (κ2) is 8.00. The van der Waals surface area contributed by atoms with Crippen molar-refractivity contribution in [2.45, 2.75) is 26.3 Å². The molecule has 3 aromatic carbocycles. The van der Waals surface area contributed by atoms with Crippen LogP contribution in [-0.2, 0) is 0 Å². The van der Waals surface area contributed by atoms with Gasteiger partial charge in [-0.2, -0.15) is 0 Å². The molecule has 32 heavy (non-hydrogen) atoms. The van der Waals surface area contributed by atoms with Crippen molar-refractivity contribution in [1.29, 1.82) is 0 Å². The van der Waals surface area contributed by atoms with E-state index in [4.69, 9.17) is 9.15 Å². The first-order valence-corrected chi connectivity index (χ1v) is 10.8. The number of hydrogen-bond acceptors (Lipinski definition) is 4. The first-order chi connectivity index (χ1) is 15.6. The highest BCUT2D eigenvalue weighted by Gasteiger charge is 2.43. The maximum Gasteiger partial charge on any atom is 0.295 e. The van der Waals surface area contributed by atoms with Gasteiger partial charge in [-0.05, 0) is 55.3 Å². The summed E-state index contributed by atoms with van der Waals surface area (Å²) in [6, 6.07) is 21.7. The minimum Gasteiger partial charge on any atom is -0.494 e. The fourth-order valence-electron chi connectivity index (χ4n) is 4.20. The highest BCUT2D eigenvalue weighted by molar-refractivity contribution is 6.10. The molecule has 0 radical (unpaired) electrons. The van der Waals surface area contributed by atoms with Crippen LogP contribution in [0.2, 0.25) is 0 Å². The average Bonchev–Trinajstić information content (AvgIpc) is 3.11. The number of rotatable bonds is 5. The lowest BCUT2D eigenvalue weighted by atomic mass is 9.98. The van der Waals surface area contributed by atoms with Gasteiger partial charge in [-0.1, -0.05) is 48.9 Å². The van der Waals surface area contributed by atoms with E-state index < -0.39 is 6.04 Å². The van der Waals surface area contributed by atoms with Gasteiger partial charge in [-0.15, -0.1) is 0 Å². The topological polar surface area (TPSA) is 59.8 Å². The van der Waals surface area contributed by atoms with E-state index in [9.17, 15) is 9.59 Å². The first kappa shape index (κ1) is 20.1. The zero-order valence-corrected chi connectivity index (χ0v) is 18.0. The maximum absolute atomic E-state index is 13.6. The average molecular weight is 425 g/mol. The van der Waals surface area contributed by atoms with Crippen LogP contribution in [0.5, 0.6) is 5.75 Å². The number of anilines is 1. The van der Waals surface area contributed by atoms with Gasteiger partial charge in [-0.3, -0.25) is 14.5 Å². The minimum absolute atomic E-state index is 0.0964. The number of ether oxygens (including phenoxy) is 1. The maximum atomic E-state index is 13.6. The third-order valence-electron chi connectivity index (χ3n) is 5.74. The molecule has 0 bridgehead atoms. The smallest absolute Gasteiger partial charge is 0.295 e. The van der Waals surface area contributed by atoms with Gasteiger partial charge in [0.05, 0.1) is 23.6 Å². The summed E-state index contributed by atoms with van der Waals surface area (Å²) in [5, 5.41) is 0.466. The Labute approximate surface area is 185 Å². The lowest BCUT2D eigenvalue weighted by molar-refractivity contribution is 0.0971. The first-order valence-electron chi connectivity index (χ1n) is 10.8. The predicted molar refractivity (Wildman–Crippen MR) is 125 cm³/mol. The van der Waals surface area contributed by atoms with E-state index in [0.717, 1.165) is 17.5 Å². The Morgan fingerprint density at radius 3 is 2.53 bits per heavy atom. The molecule has 0 saturated heterocycles. The quantitative estimate of drug-likeness (QED) is 0.415. The van der Waals surface area contributed by atoms with Crippen LogP contribution in [0.25, 0.3) is 11.0 Å². The Hall–Kier alpha value is -3.86. The van der Waals surface area contributed by atoms with Gasteiger partial charge in [0.25, 0.3) is 5.91 Å². The second-order valence-corrected chi connectivity index (χ2v) is 8.00. The fraction of sp³-hybridized carbons (Fsp3) is 0.185. The summed E-state index contributed by atoms with van der Waals surface area (Å²) in [6.07, 6.45) is 0.889. The van der Waals surface area contributed by atoms with Crippen LogP contribution < -0.4 is 15.1 Å². The van der Waals surface area contributed by atoms with Crippen LogP contribution in [0.15, 0.2) is 82.0 Å². The van der Waals surface area contributed by atoms with Crippen molar-refractivity contribution in [3.05, 3.63) is 105 Å². The van der Waals surface area contributed by atoms with Crippen LogP contribution in [0, 0.1) is 6.92 Å². The van der Waals surface area contributed by atoms with Crippen molar-refractivity contribution in [1.82, 2.24) is 0 Å². The van der Waals surface area contributed by atoms with Gasteiger partial charge in [-0.25, -0.2) is 0 Å². The van der Waals surface area contributed by atoms with Crippen molar-refractivity contribution in [3.8, 4) is 5.75 Å². The Balaban J connectivity index is 1.75. The summed E-state index contributed by atoms with van der Waals surface area (Å²) >= 11 is 0. The third kappa shape index (κ3) is 3.26. The number of carbonyl (C=O) groups excluding carboxylic acids is 1. The lowest BCUT2D eigenvalue weighted by Gasteiger charge is -2.25. The van der Waals surface area contributed by atoms with E-state index in [1.807, 2.05) is 62.4 Å². The number of amides is 1. The molecule has 1 atom stereocenters. The molecule has 5 rings (SSSR count). The molecule has 0 spiro atoms. The highest BCUT2D eigenvalue weighted by atomic mass is 16.5. The number of nitrogens with zero attached hydrogens (tertiary/aromatic N) is 1. The lowest BCUT2D eigenvalue weighted by Crippen LogP contribution is -2.29. The fourth-order valence-corrected chi connectivity index (χ4v) is 4.20. The molecule has 1 amide bonds. The molecule has 1 aliphatic rings. The molecule has 5 nitrogen and oxygen atoms in total. The number of hydrogen-bond donors (Lipinski definition) is 0. The summed E-state index contributed by atoms with van der Waals surface area (Å²) < 4.78 is 11.8. The van der Waals surface area contributed by atoms with Gasteiger partial charge < -0.3 is 9.15 Å². The summed E-state index contributed by atoms with van der Waals surface area (Å²) in [5.74, 6) is 0.482. The van der Waals surface area contributed by atoms with E-state index in [-0.39, 0.29) is 17.1 Å². The zero-order chi connectivity index (χ0) is 22.2. The van der Waals surface area contributed by atoms with E-state index >= 15 is 0 Å². The molecular formula is C27H23NO4. The Morgan fingerprint density at radius 2 is 1.75 bits per heavy atom. The summed E-state index contributed by atoms with van der Waals surface area (Å²) in [7, 11) is 0. The number of aryl methyl sites for hydroxylation is 1. The van der Waals surface area contributed by atoms with E-state index in [2.05, 4.69) is 0 Å². The zero-order valence-electron chi connectivity index (χ0n) is 18.0. The Kier molecular flexibility index (Phi) is 5.02. The number of para-hydroxylation sites is 1. The molecular weight excluding hydrogens is 402 g/mol. The van der Waals surface area contributed by atoms with Crippen molar-refractivity contribution in [2.24, 2.45) is 0 Å². The van der Waals surface area contributed by atoms with E-state index in [1.54, 1.807) is 29.2 Å². The third-order valence-corrected chi connectivity index (χ3v) is 5.74. The predicted octanol–water partition coefficient (Wildman–Crippen LogP) is 5.64. The van der Waals surface area contributed by atoms with Gasteiger partial charge in [0, 0.05) is 5.69 Å². The molecule has 1 unspecified atom stereocenters. The standard InChI is InChI=1S/C27H23NO4/c1-3-15-31-20-8-6-7-18(16-20)24-23-25(29)21-9-4-5-10-22(21)32-26(23)27(30)28(24)19-13-11-17(2)12-14-19/h4-14,16,24H,3,15H2,1-2H3. The van der Waals surface area contributed by atoms with Gasteiger partial charge in [0.15, 0.2) is 5.43 Å². The second-order valence-electron chi connectivity index (χ2n) is 8.00. The summed E-state index contributed by atoms with van der Waals surface area (Å²) in [6.45, 7) is 4.64. The number of fused-ring (bicyclic) bond motifs is 2. The normalized spacial score (nSPS) is 15.2. The highest BCUT2D eigenvalue weighted by Crippen LogP contribution is 2.41. The molecule has 0 fully saturated rings. The van der Waals surface area contributed by atoms with Crippen LogP contribution in [0.4, 0.5) is 5.69 Å². The molecule has 160 valence electrons. The van der Waals surface area contributed by atoms with Gasteiger partial charge >= 0.3 is 0 Å². The Bertz CT molecular complexity index is 1370. The van der Waals surface area contributed by atoms with Crippen molar-refractivity contribution in [2.75, 3.05) is 11.5 Å². The molecule has 4 aromatic rings. The van der Waals surface area contributed by atoms with E-state index in [1.165, 1.54) is 0 Å².